The van der Waals surface area contributed by atoms with Crippen LogP contribution in [0, 0.1) is 23.7 Å². The molecule has 0 spiro atoms. The molecule has 2 bridgehead atoms. The zero-order valence-corrected chi connectivity index (χ0v) is 13.3. The van der Waals surface area contributed by atoms with Crippen LogP contribution in [-0.2, 0) is 19.1 Å². The Labute approximate surface area is 136 Å². The van der Waals surface area contributed by atoms with Crippen LogP contribution >= 0.6 is 0 Å². The average Bonchev–Trinajstić information content (AvgIpc) is 3.07. The van der Waals surface area contributed by atoms with Crippen LogP contribution in [0.25, 0.3) is 0 Å². The first kappa shape index (κ1) is 17.5. The van der Waals surface area contributed by atoms with Crippen molar-refractivity contribution in [3.8, 4) is 0 Å². The fourth-order valence-electron chi connectivity index (χ4n) is 4.22. The van der Waals surface area contributed by atoms with Crippen molar-refractivity contribution in [1.29, 1.82) is 0 Å². The predicted molar refractivity (Wildman–Crippen MR) is 73.5 cm³/mol. The first-order valence-corrected chi connectivity index (χ1v) is 8.24. The van der Waals surface area contributed by atoms with Gasteiger partial charge in [0.15, 0.2) is 0 Å². The lowest BCUT2D eigenvalue weighted by Crippen LogP contribution is -2.37. The van der Waals surface area contributed by atoms with Gasteiger partial charge in [0.1, 0.15) is 6.10 Å². The lowest BCUT2D eigenvalue weighted by molar-refractivity contribution is -0.201. The van der Waals surface area contributed by atoms with E-state index in [2.05, 4.69) is 0 Å². The molecule has 136 valence electrons. The Bertz CT molecular complexity index is 531. The lowest BCUT2D eigenvalue weighted by atomic mass is 9.82. The van der Waals surface area contributed by atoms with Gasteiger partial charge < -0.3 is 9.47 Å². The summed E-state index contributed by atoms with van der Waals surface area (Å²) in [6.07, 6.45) is -0.0381. The molecule has 0 N–H and O–H groups in total. The molecule has 2 saturated carbocycles. The second-order valence-electron chi connectivity index (χ2n) is 7.15. The number of carbonyl (C=O) groups is 2. The van der Waals surface area contributed by atoms with Crippen LogP contribution in [0.5, 0.6) is 0 Å². The molecular formula is C16H20F4O4. The van der Waals surface area contributed by atoms with Crippen LogP contribution in [0.15, 0.2) is 0 Å². The number of fused-ring (bicyclic) bond motifs is 1. The summed E-state index contributed by atoms with van der Waals surface area (Å²) in [4.78, 5) is 23.8. The largest absolute Gasteiger partial charge is 0.465 e. The average molecular weight is 352 g/mol. The van der Waals surface area contributed by atoms with Gasteiger partial charge in [0.2, 0.25) is 0 Å². The Balaban J connectivity index is 1.41. The van der Waals surface area contributed by atoms with Crippen LogP contribution in [0.3, 0.4) is 0 Å². The number of hydrogen-bond donors (Lipinski definition) is 0. The van der Waals surface area contributed by atoms with Gasteiger partial charge in [-0.2, -0.15) is 8.78 Å². The molecule has 24 heavy (non-hydrogen) atoms. The maximum absolute atomic E-state index is 13.1. The predicted octanol–water partition coefficient (Wildman–Crippen LogP) is 3.19. The normalized spacial score (nSPS) is 34.5. The number of rotatable bonds is 7. The molecule has 1 heterocycles. The van der Waals surface area contributed by atoms with Crippen molar-refractivity contribution in [2.75, 3.05) is 6.61 Å². The number of unbranched alkanes of at least 4 members (excludes halogenated alkanes) is 1. The standard InChI is InChI=1S/C16H20F4O4/c1-15(17,18)16(19,20)4-2-3-5-23-14(22)11-8-6-9-10(7-8)13(21)24-12(9)11/h8-12H,2-7H2,1H3. The molecule has 5 unspecified atom stereocenters. The first-order valence-electron chi connectivity index (χ1n) is 8.24. The minimum Gasteiger partial charge on any atom is -0.465 e. The van der Waals surface area contributed by atoms with Crippen molar-refractivity contribution in [2.24, 2.45) is 23.7 Å². The maximum Gasteiger partial charge on any atom is 0.313 e. The van der Waals surface area contributed by atoms with E-state index in [0.717, 1.165) is 6.42 Å². The topological polar surface area (TPSA) is 52.6 Å². The Kier molecular flexibility index (Phi) is 4.28. The molecule has 3 aliphatic rings. The van der Waals surface area contributed by atoms with Gasteiger partial charge in [-0.05, 0) is 31.6 Å². The molecule has 0 aromatic heterocycles. The minimum atomic E-state index is -4.06. The Morgan fingerprint density at radius 3 is 2.62 bits per heavy atom. The van der Waals surface area contributed by atoms with Crippen molar-refractivity contribution in [3.63, 3.8) is 0 Å². The molecule has 4 nitrogen and oxygen atoms in total. The number of hydrogen-bond acceptors (Lipinski definition) is 4. The van der Waals surface area contributed by atoms with E-state index in [4.69, 9.17) is 9.47 Å². The highest BCUT2D eigenvalue weighted by atomic mass is 19.3. The third-order valence-corrected chi connectivity index (χ3v) is 5.53. The number of halogens is 4. The summed E-state index contributed by atoms with van der Waals surface area (Å²) in [5.74, 6) is -9.25. The highest BCUT2D eigenvalue weighted by Gasteiger charge is 2.64. The minimum absolute atomic E-state index is 0.0760. The smallest absolute Gasteiger partial charge is 0.313 e. The third kappa shape index (κ3) is 2.88. The van der Waals surface area contributed by atoms with Gasteiger partial charge in [-0.3, -0.25) is 9.59 Å². The molecule has 5 atom stereocenters. The van der Waals surface area contributed by atoms with Crippen molar-refractivity contribution in [3.05, 3.63) is 0 Å². The van der Waals surface area contributed by atoms with Gasteiger partial charge in [-0.25, -0.2) is 8.78 Å². The van der Waals surface area contributed by atoms with Gasteiger partial charge in [-0.15, -0.1) is 0 Å². The van der Waals surface area contributed by atoms with Gasteiger partial charge in [0.05, 0.1) is 18.4 Å². The van der Waals surface area contributed by atoms with Crippen molar-refractivity contribution in [2.45, 2.75) is 57.0 Å². The van der Waals surface area contributed by atoms with Gasteiger partial charge in [-0.1, -0.05) is 0 Å². The van der Waals surface area contributed by atoms with E-state index in [1.807, 2.05) is 0 Å². The molecule has 3 rings (SSSR count). The number of esters is 2. The van der Waals surface area contributed by atoms with E-state index < -0.39 is 36.3 Å². The maximum atomic E-state index is 13.1. The van der Waals surface area contributed by atoms with Gasteiger partial charge >= 0.3 is 23.8 Å². The molecule has 0 aromatic rings. The molecule has 0 aromatic carbocycles. The summed E-state index contributed by atoms with van der Waals surface area (Å²) >= 11 is 0. The molecule has 1 saturated heterocycles. The van der Waals surface area contributed by atoms with Crippen LogP contribution in [0.4, 0.5) is 17.6 Å². The second kappa shape index (κ2) is 5.88. The van der Waals surface area contributed by atoms with Crippen LogP contribution in [0.2, 0.25) is 0 Å². The van der Waals surface area contributed by atoms with Crippen LogP contribution in [-0.4, -0.2) is 36.5 Å². The molecule has 8 heteroatoms. The Hall–Kier alpha value is -1.34. The summed E-state index contributed by atoms with van der Waals surface area (Å²) in [5.41, 5.74) is 0. The van der Waals surface area contributed by atoms with E-state index in [9.17, 15) is 27.2 Å². The summed E-state index contributed by atoms with van der Waals surface area (Å²) in [5, 5.41) is 0. The highest BCUT2D eigenvalue weighted by Crippen LogP contribution is 2.57. The third-order valence-electron chi connectivity index (χ3n) is 5.53. The number of alkyl halides is 4. The van der Waals surface area contributed by atoms with Gasteiger partial charge in [0, 0.05) is 19.3 Å². The Morgan fingerprint density at radius 2 is 1.96 bits per heavy atom. The molecule has 0 radical (unpaired) electrons. The zero-order valence-electron chi connectivity index (χ0n) is 13.3. The van der Waals surface area contributed by atoms with Crippen LogP contribution in [0.1, 0.15) is 39.0 Å². The van der Waals surface area contributed by atoms with Gasteiger partial charge in [0.25, 0.3) is 0 Å². The second-order valence-corrected chi connectivity index (χ2v) is 7.15. The van der Waals surface area contributed by atoms with E-state index in [0.29, 0.717) is 6.42 Å². The molecule has 2 aliphatic carbocycles. The SMILES string of the molecule is CC(F)(F)C(F)(F)CCCCOC(=O)C1C2CC3C(=O)OC1C3C2. The first-order chi connectivity index (χ1) is 11.1. The van der Waals surface area contributed by atoms with E-state index in [1.165, 1.54) is 0 Å². The van der Waals surface area contributed by atoms with E-state index in [1.54, 1.807) is 0 Å². The molecule has 3 fully saturated rings. The number of carbonyl (C=O) groups excluding carboxylic acids is 2. The molecule has 0 amide bonds. The summed E-state index contributed by atoms with van der Waals surface area (Å²) in [6, 6.07) is 0. The Morgan fingerprint density at radius 1 is 1.25 bits per heavy atom. The van der Waals surface area contributed by atoms with Crippen molar-refractivity contribution < 1.29 is 36.6 Å². The quantitative estimate of drug-likeness (QED) is 0.401. The summed E-state index contributed by atoms with van der Waals surface area (Å²) in [7, 11) is 0. The van der Waals surface area contributed by atoms with E-state index >= 15 is 0 Å². The van der Waals surface area contributed by atoms with Crippen molar-refractivity contribution in [1.82, 2.24) is 0 Å². The molecule has 1 aliphatic heterocycles. The molecular weight excluding hydrogens is 332 g/mol. The summed E-state index contributed by atoms with van der Waals surface area (Å²) < 4.78 is 61.9. The lowest BCUT2D eigenvalue weighted by Gasteiger charge is -2.24. The number of ether oxygens (including phenoxy) is 2. The summed E-state index contributed by atoms with van der Waals surface area (Å²) in [6.45, 7) is 0.0977. The highest BCUT2D eigenvalue weighted by molar-refractivity contribution is 5.81. The van der Waals surface area contributed by atoms with Crippen molar-refractivity contribution >= 4 is 11.9 Å². The fourth-order valence-corrected chi connectivity index (χ4v) is 4.22. The monoisotopic (exact) mass is 352 g/mol. The van der Waals surface area contributed by atoms with Crippen LogP contribution < -0.4 is 0 Å². The zero-order chi connectivity index (χ0) is 17.7. The van der Waals surface area contributed by atoms with E-state index in [-0.39, 0.29) is 50.1 Å². The fraction of sp³-hybridized carbons (Fsp3) is 0.875.